The molecule has 0 aromatic carbocycles. The number of ether oxygens (including phenoxy) is 1. The number of likely N-dealkylation sites (N-methyl/N-ethyl adjacent to an activating group) is 1. The van der Waals surface area contributed by atoms with E-state index >= 15 is 0 Å². The van der Waals surface area contributed by atoms with Crippen molar-refractivity contribution in [2.24, 2.45) is 0 Å². The Balaban J connectivity index is 2.81. The second-order valence-electron chi connectivity index (χ2n) is 4.33. The summed E-state index contributed by atoms with van der Waals surface area (Å²) in [7, 11) is 0. The Kier molecular flexibility index (Phi) is 4.03. The molecule has 1 aliphatic rings. The summed E-state index contributed by atoms with van der Waals surface area (Å²) in [4.78, 5) is 12.6. The standard InChI is InChI=1S/C10H17F3N2O2/c1-4-15-7(2)5-14-6-9(15,3)17-8(16)10(11,12)13/h7,14H,4-6H2,1-3H3. The van der Waals surface area contributed by atoms with E-state index in [-0.39, 0.29) is 12.6 Å². The molecule has 1 aliphatic heterocycles. The van der Waals surface area contributed by atoms with Crippen LogP contribution in [0.4, 0.5) is 13.2 Å². The minimum Gasteiger partial charge on any atom is -0.436 e. The maximum absolute atomic E-state index is 12.2. The lowest BCUT2D eigenvalue weighted by atomic mass is 10.1. The van der Waals surface area contributed by atoms with Crippen LogP contribution in [-0.2, 0) is 9.53 Å². The van der Waals surface area contributed by atoms with E-state index < -0.39 is 17.9 Å². The highest BCUT2D eigenvalue weighted by atomic mass is 19.4. The molecule has 1 rings (SSSR count). The fourth-order valence-corrected chi connectivity index (χ4v) is 2.19. The van der Waals surface area contributed by atoms with Crippen LogP contribution < -0.4 is 5.32 Å². The second-order valence-corrected chi connectivity index (χ2v) is 4.33. The van der Waals surface area contributed by atoms with Crippen LogP contribution in [0.1, 0.15) is 20.8 Å². The van der Waals surface area contributed by atoms with Crippen molar-refractivity contribution in [3.63, 3.8) is 0 Å². The number of nitrogens with zero attached hydrogens (tertiary/aromatic N) is 1. The first-order valence-corrected chi connectivity index (χ1v) is 5.48. The SMILES string of the molecule is CCN1C(C)CNCC1(C)OC(=O)C(F)(F)F. The van der Waals surface area contributed by atoms with Gasteiger partial charge in [-0.15, -0.1) is 0 Å². The van der Waals surface area contributed by atoms with Gasteiger partial charge in [0.2, 0.25) is 0 Å². The molecule has 1 heterocycles. The Morgan fingerprint density at radius 1 is 1.59 bits per heavy atom. The summed E-state index contributed by atoms with van der Waals surface area (Å²) in [6, 6.07) is 0.0137. The van der Waals surface area contributed by atoms with Gasteiger partial charge >= 0.3 is 12.1 Å². The smallest absolute Gasteiger partial charge is 0.436 e. The first-order chi connectivity index (χ1) is 7.70. The van der Waals surface area contributed by atoms with Crippen molar-refractivity contribution in [3.05, 3.63) is 0 Å². The molecule has 7 heteroatoms. The molecule has 1 fully saturated rings. The fourth-order valence-electron chi connectivity index (χ4n) is 2.19. The summed E-state index contributed by atoms with van der Waals surface area (Å²) < 4.78 is 41.2. The van der Waals surface area contributed by atoms with E-state index in [0.717, 1.165) is 0 Å². The lowest BCUT2D eigenvalue weighted by molar-refractivity contribution is -0.234. The lowest BCUT2D eigenvalue weighted by Crippen LogP contribution is -2.65. The Hall–Kier alpha value is -0.820. The minimum atomic E-state index is -4.96. The number of alkyl halides is 3. The largest absolute Gasteiger partial charge is 0.490 e. The number of piperazine rings is 1. The van der Waals surface area contributed by atoms with Crippen molar-refractivity contribution in [3.8, 4) is 0 Å². The summed E-state index contributed by atoms with van der Waals surface area (Å²) in [5.74, 6) is -2.14. The number of rotatable bonds is 2. The third-order valence-corrected chi connectivity index (χ3v) is 2.92. The van der Waals surface area contributed by atoms with Gasteiger partial charge in [-0.05, 0) is 20.4 Å². The van der Waals surface area contributed by atoms with Gasteiger partial charge in [0.1, 0.15) is 0 Å². The molecular formula is C10H17F3N2O2. The maximum Gasteiger partial charge on any atom is 0.490 e. The fraction of sp³-hybridized carbons (Fsp3) is 0.900. The summed E-state index contributed by atoms with van der Waals surface area (Å²) in [6.45, 7) is 6.55. The van der Waals surface area contributed by atoms with Gasteiger partial charge in [0, 0.05) is 19.1 Å². The maximum atomic E-state index is 12.2. The molecule has 2 atom stereocenters. The van der Waals surface area contributed by atoms with Crippen molar-refractivity contribution >= 4 is 5.97 Å². The summed E-state index contributed by atoms with van der Waals surface area (Å²) >= 11 is 0. The number of halogens is 3. The summed E-state index contributed by atoms with van der Waals surface area (Å²) in [5.41, 5.74) is -1.25. The zero-order chi connectivity index (χ0) is 13.3. The third kappa shape index (κ3) is 3.10. The van der Waals surface area contributed by atoms with Crippen molar-refractivity contribution in [2.75, 3.05) is 19.6 Å². The summed E-state index contributed by atoms with van der Waals surface area (Å²) in [5, 5.41) is 2.96. The van der Waals surface area contributed by atoms with Gasteiger partial charge in [-0.2, -0.15) is 13.2 Å². The van der Waals surface area contributed by atoms with Crippen LogP contribution in [0, 0.1) is 0 Å². The van der Waals surface area contributed by atoms with Gasteiger partial charge in [-0.25, -0.2) is 4.79 Å². The average molecular weight is 254 g/mol. The molecule has 1 N–H and O–H groups in total. The molecule has 0 spiro atoms. The number of hydrogen-bond acceptors (Lipinski definition) is 4. The molecular weight excluding hydrogens is 237 g/mol. The quantitative estimate of drug-likeness (QED) is 0.750. The minimum absolute atomic E-state index is 0.0137. The van der Waals surface area contributed by atoms with Crippen molar-refractivity contribution in [2.45, 2.75) is 38.7 Å². The Bertz CT molecular complexity index is 296. The lowest BCUT2D eigenvalue weighted by Gasteiger charge is -2.47. The van der Waals surface area contributed by atoms with E-state index in [2.05, 4.69) is 10.1 Å². The Morgan fingerprint density at radius 2 is 2.18 bits per heavy atom. The van der Waals surface area contributed by atoms with E-state index in [0.29, 0.717) is 13.1 Å². The number of carbonyl (C=O) groups excluding carboxylic acids is 1. The van der Waals surface area contributed by atoms with Crippen LogP contribution in [0.15, 0.2) is 0 Å². The normalized spacial score (nSPS) is 31.3. The number of nitrogens with one attached hydrogen (secondary N) is 1. The number of hydrogen-bond donors (Lipinski definition) is 1. The van der Waals surface area contributed by atoms with Crippen LogP contribution >= 0.6 is 0 Å². The van der Waals surface area contributed by atoms with Gasteiger partial charge in [-0.1, -0.05) is 6.92 Å². The third-order valence-electron chi connectivity index (χ3n) is 2.92. The highest BCUT2D eigenvalue weighted by molar-refractivity contribution is 5.76. The molecule has 1 saturated heterocycles. The van der Waals surface area contributed by atoms with E-state index in [1.165, 1.54) is 6.92 Å². The molecule has 0 radical (unpaired) electrons. The van der Waals surface area contributed by atoms with Gasteiger partial charge < -0.3 is 10.1 Å². The molecule has 100 valence electrons. The van der Waals surface area contributed by atoms with Crippen molar-refractivity contribution in [1.82, 2.24) is 10.2 Å². The highest BCUT2D eigenvalue weighted by Gasteiger charge is 2.48. The van der Waals surface area contributed by atoms with Crippen LogP contribution in [0.2, 0.25) is 0 Å². The van der Waals surface area contributed by atoms with E-state index in [9.17, 15) is 18.0 Å². The molecule has 2 unspecified atom stereocenters. The molecule has 0 amide bonds. The van der Waals surface area contributed by atoms with E-state index in [4.69, 9.17) is 0 Å². The van der Waals surface area contributed by atoms with Gasteiger partial charge in [0.15, 0.2) is 5.72 Å². The second kappa shape index (κ2) is 4.81. The number of carbonyl (C=O) groups is 1. The van der Waals surface area contributed by atoms with Crippen molar-refractivity contribution < 1.29 is 22.7 Å². The molecule has 0 saturated carbocycles. The molecule has 4 nitrogen and oxygen atoms in total. The van der Waals surface area contributed by atoms with Crippen molar-refractivity contribution in [1.29, 1.82) is 0 Å². The predicted octanol–water partition coefficient (Wildman–Crippen LogP) is 1.12. The molecule has 0 aromatic rings. The van der Waals surface area contributed by atoms with Crippen LogP contribution in [0.25, 0.3) is 0 Å². The molecule has 0 bridgehead atoms. The van der Waals surface area contributed by atoms with Crippen LogP contribution in [0.5, 0.6) is 0 Å². The topological polar surface area (TPSA) is 41.6 Å². The van der Waals surface area contributed by atoms with Gasteiger partial charge in [-0.3, -0.25) is 4.90 Å². The monoisotopic (exact) mass is 254 g/mol. The van der Waals surface area contributed by atoms with Crippen LogP contribution in [0.3, 0.4) is 0 Å². The van der Waals surface area contributed by atoms with E-state index in [1.54, 1.807) is 4.90 Å². The van der Waals surface area contributed by atoms with Crippen LogP contribution in [-0.4, -0.2) is 48.4 Å². The molecule has 0 aliphatic carbocycles. The Morgan fingerprint density at radius 3 is 2.65 bits per heavy atom. The Labute approximate surface area is 98.1 Å². The zero-order valence-corrected chi connectivity index (χ0v) is 10.1. The predicted molar refractivity (Wildman–Crippen MR) is 55.3 cm³/mol. The zero-order valence-electron chi connectivity index (χ0n) is 10.1. The summed E-state index contributed by atoms with van der Waals surface area (Å²) in [6.07, 6.45) is -4.96. The highest BCUT2D eigenvalue weighted by Crippen LogP contribution is 2.26. The van der Waals surface area contributed by atoms with Gasteiger partial charge in [0.25, 0.3) is 0 Å². The van der Waals surface area contributed by atoms with Gasteiger partial charge in [0.05, 0.1) is 0 Å². The first kappa shape index (κ1) is 14.2. The van der Waals surface area contributed by atoms with E-state index in [1.807, 2.05) is 13.8 Å². The molecule has 0 aromatic heterocycles. The average Bonchev–Trinajstić information content (AvgIpc) is 2.15. The molecule has 17 heavy (non-hydrogen) atoms. The number of esters is 1. The first-order valence-electron chi connectivity index (χ1n) is 5.48.